The summed E-state index contributed by atoms with van der Waals surface area (Å²) in [5.74, 6) is 0. The van der Waals surface area contributed by atoms with Crippen molar-refractivity contribution < 1.29 is 0 Å². The molecule has 0 aromatic heterocycles. The van der Waals surface area contributed by atoms with Crippen LogP contribution in [0, 0.1) is 0 Å². The molecule has 0 heteroatoms. The largest absolute Gasteiger partial charge is 0.0885 e. The van der Waals surface area contributed by atoms with Crippen molar-refractivity contribution in [1.29, 1.82) is 0 Å². The van der Waals surface area contributed by atoms with Crippen molar-refractivity contribution in [2.24, 2.45) is 0 Å². The SMILES string of the molecule is CCCCCCCCC/C=C/CCCCCCc1ccc2ccccc2c1. The molecule has 0 fully saturated rings. The van der Waals surface area contributed by atoms with Crippen LogP contribution in [0.1, 0.15) is 96.0 Å². The summed E-state index contributed by atoms with van der Waals surface area (Å²) in [4.78, 5) is 0. The number of aryl methyl sites for hydroxylation is 1. The normalized spacial score (nSPS) is 11.6. The lowest BCUT2D eigenvalue weighted by molar-refractivity contribution is 0.591. The highest BCUT2D eigenvalue weighted by Gasteiger charge is 1.97. The molecular weight excluding hydrogens is 324 g/mol. The van der Waals surface area contributed by atoms with Crippen LogP contribution in [-0.4, -0.2) is 0 Å². The Balaban J connectivity index is 1.42. The summed E-state index contributed by atoms with van der Waals surface area (Å²) in [5.41, 5.74) is 1.49. The first-order valence-electron chi connectivity index (χ1n) is 11.5. The van der Waals surface area contributed by atoms with Crippen LogP contribution in [0.2, 0.25) is 0 Å². The van der Waals surface area contributed by atoms with Gasteiger partial charge in [-0.25, -0.2) is 0 Å². The van der Waals surface area contributed by atoms with Gasteiger partial charge in [0, 0.05) is 0 Å². The van der Waals surface area contributed by atoms with Crippen LogP contribution in [0.15, 0.2) is 54.6 Å². The van der Waals surface area contributed by atoms with Crippen LogP contribution < -0.4 is 0 Å². The zero-order chi connectivity index (χ0) is 19.0. The third kappa shape index (κ3) is 9.80. The molecule has 0 radical (unpaired) electrons. The van der Waals surface area contributed by atoms with Crippen LogP contribution in [-0.2, 0) is 6.42 Å². The number of allylic oxidation sites excluding steroid dienone is 2. The van der Waals surface area contributed by atoms with E-state index in [9.17, 15) is 0 Å². The quantitative estimate of drug-likeness (QED) is 0.218. The molecule has 0 aliphatic heterocycles. The molecule has 0 saturated carbocycles. The van der Waals surface area contributed by atoms with Crippen molar-refractivity contribution in [2.45, 2.75) is 96.8 Å². The van der Waals surface area contributed by atoms with Gasteiger partial charge in [-0.3, -0.25) is 0 Å². The van der Waals surface area contributed by atoms with Crippen molar-refractivity contribution in [3.63, 3.8) is 0 Å². The van der Waals surface area contributed by atoms with Gasteiger partial charge in [0.2, 0.25) is 0 Å². The van der Waals surface area contributed by atoms with Crippen LogP contribution in [0.3, 0.4) is 0 Å². The van der Waals surface area contributed by atoms with Crippen molar-refractivity contribution in [2.75, 3.05) is 0 Å². The maximum atomic E-state index is 2.42. The third-order valence-electron chi connectivity index (χ3n) is 5.54. The van der Waals surface area contributed by atoms with E-state index in [1.54, 1.807) is 0 Å². The molecule has 0 heterocycles. The maximum Gasteiger partial charge on any atom is -0.0181 e. The number of rotatable bonds is 15. The van der Waals surface area contributed by atoms with E-state index in [1.165, 1.54) is 106 Å². The van der Waals surface area contributed by atoms with Crippen LogP contribution in [0.25, 0.3) is 10.8 Å². The van der Waals surface area contributed by atoms with Crippen molar-refractivity contribution in [1.82, 2.24) is 0 Å². The van der Waals surface area contributed by atoms with Crippen molar-refractivity contribution in [3.8, 4) is 0 Å². The topological polar surface area (TPSA) is 0 Å². The summed E-state index contributed by atoms with van der Waals surface area (Å²) in [6, 6.07) is 15.6. The summed E-state index contributed by atoms with van der Waals surface area (Å²) < 4.78 is 0. The Morgan fingerprint density at radius 1 is 0.593 bits per heavy atom. The maximum absolute atomic E-state index is 2.42. The average Bonchev–Trinajstić information content (AvgIpc) is 2.71. The number of hydrogen-bond donors (Lipinski definition) is 0. The Morgan fingerprint density at radius 3 is 1.89 bits per heavy atom. The molecule has 0 N–H and O–H groups in total. The molecule has 0 bridgehead atoms. The Morgan fingerprint density at radius 2 is 1.19 bits per heavy atom. The van der Waals surface area contributed by atoms with E-state index in [0.717, 1.165) is 0 Å². The van der Waals surface area contributed by atoms with Gasteiger partial charge in [-0.2, -0.15) is 0 Å². The van der Waals surface area contributed by atoms with Gasteiger partial charge < -0.3 is 0 Å². The molecule has 27 heavy (non-hydrogen) atoms. The monoisotopic (exact) mass is 364 g/mol. The fourth-order valence-corrected chi connectivity index (χ4v) is 3.79. The highest BCUT2D eigenvalue weighted by Crippen LogP contribution is 2.17. The predicted octanol–water partition coefficient (Wildman–Crippen LogP) is 9.03. The zero-order valence-corrected chi connectivity index (χ0v) is 17.6. The first kappa shape index (κ1) is 21.7. The van der Waals surface area contributed by atoms with Gasteiger partial charge in [0.15, 0.2) is 0 Å². The van der Waals surface area contributed by atoms with E-state index in [0.29, 0.717) is 0 Å². The van der Waals surface area contributed by atoms with Gasteiger partial charge in [-0.15, -0.1) is 0 Å². The molecule has 0 aliphatic rings. The number of benzene rings is 2. The summed E-state index contributed by atoms with van der Waals surface area (Å²) in [6.07, 6.45) is 23.9. The van der Waals surface area contributed by atoms with Crippen LogP contribution in [0.5, 0.6) is 0 Å². The lowest BCUT2D eigenvalue weighted by Crippen LogP contribution is -1.86. The van der Waals surface area contributed by atoms with Crippen molar-refractivity contribution in [3.05, 3.63) is 60.2 Å². The minimum atomic E-state index is 1.22. The van der Waals surface area contributed by atoms with E-state index in [2.05, 4.69) is 61.5 Å². The lowest BCUT2D eigenvalue weighted by Gasteiger charge is -2.04. The van der Waals surface area contributed by atoms with E-state index in [4.69, 9.17) is 0 Å². The second-order valence-electron chi connectivity index (χ2n) is 8.02. The number of hydrogen-bond acceptors (Lipinski definition) is 0. The molecule has 0 spiro atoms. The fourth-order valence-electron chi connectivity index (χ4n) is 3.79. The van der Waals surface area contributed by atoms with E-state index in [-0.39, 0.29) is 0 Å². The molecule has 0 nitrogen and oxygen atoms in total. The second-order valence-corrected chi connectivity index (χ2v) is 8.02. The fraction of sp³-hybridized carbons (Fsp3) is 0.556. The van der Waals surface area contributed by atoms with Gasteiger partial charge in [0.1, 0.15) is 0 Å². The predicted molar refractivity (Wildman–Crippen MR) is 122 cm³/mol. The number of fused-ring (bicyclic) bond motifs is 1. The lowest BCUT2D eigenvalue weighted by atomic mass is 10.0. The third-order valence-corrected chi connectivity index (χ3v) is 5.54. The first-order chi connectivity index (χ1) is 13.4. The van der Waals surface area contributed by atoms with E-state index in [1.807, 2.05) is 0 Å². The van der Waals surface area contributed by atoms with Gasteiger partial charge in [-0.1, -0.05) is 113 Å². The molecule has 2 aromatic rings. The summed E-state index contributed by atoms with van der Waals surface area (Å²) in [7, 11) is 0. The second kappa shape index (κ2) is 14.5. The Bertz CT molecular complexity index is 637. The van der Waals surface area contributed by atoms with Gasteiger partial charge in [0.25, 0.3) is 0 Å². The Hall–Kier alpha value is -1.56. The smallest absolute Gasteiger partial charge is 0.0181 e. The highest BCUT2D eigenvalue weighted by atomic mass is 14.0. The highest BCUT2D eigenvalue weighted by molar-refractivity contribution is 5.82. The molecule has 0 aliphatic carbocycles. The number of unbranched alkanes of at least 4 members (excludes halogenated alkanes) is 11. The minimum Gasteiger partial charge on any atom is -0.0885 e. The molecule has 148 valence electrons. The molecule has 2 aromatic carbocycles. The first-order valence-corrected chi connectivity index (χ1v) is 11.5. The summed E-state index contributed by atoms with van der Waals surface area (Å²) in [6.45, 7) is 2.29. The molecule has 0 saturated heterocycles. The van der Waals surface area contributed by atoms with Gasteiger partial charge in [-0.05, 0) is 54.9 Å². The molecule has 0 amide bonds. The Labute approximate surface area is 168 Å². The standard InChI is InChI=1S/C27H40/c1-2-3-4-5-6-7-8-9-10-11-12-13-14-15-16-19-25-22-23-26-20-17-18-21-27(26)24-25/h10-11,17-18,20-24H,2-9,12-16,19H2,1H3/b11-10+. The van der Waals surface area contributed by atoms with Crippen LogP contribution in [0.4, 0.5) is 0 Å². The molecule has 0 unspecified atom stereocenters. The molecule has 2 rings (SSSR count). The van der Waals surface area contributed by atoms with Gasteiger partial charge in [0.05, 0.1) is 0 Å². The van der Waals surface area contributed by atoms with Gasteiger partial charge >= 0.3 is 0 Å². The molecular formula is C27H40. The summed E-state index contributed by atoms with van der Waals surface area (Å²) >= 11 is 0. The minimum absolute atomic E-state index is 1.22. The average molecular weight is 365 g/mol. The van der Waals surface area contributed by atoms with E-state index >= 15 is 0 Å². The summed E-state index contributed by atoms with van der Waals surface area (Å²) in [5, 5.41) is 2.73. The Kier molecular flexibility index (Phi) is 11.7. The zero-order valence-electron chi connectivity index (χ0n) is 17.6. The van der Waals surface area contributed by atoms with Crippen LogP contribution >= 0.6 is 0 Å². The van der Waals surface area contributed by atoms with E-state index < -0.39 is 0 Å². The molecule has 0 atom stereocenters. The van der Waals surface area contributed by atoms with Crippen molar-refractivity contribution >= 4 is 10.8 Å².